The molecule has 0 unspecified atom stereocenters. The largest absolute Gasteiger partial charge is 0.466 e. The number of unbranched alkanes of at least 4 members (excludes halogenated alkanes) is 4. The Bertz CT molecular complexity index is 652. The van der Waals surface area contributed by atoms with Gasteiger partial charge in [-0.05, 0) is 36.7 Å². The summed E-state index contributed by atoms with van der Waals surface area (Å²) in [4.78, 5) is 12.4. The highest BCUT2D eigenvalue weighted by Gasteiger charge is 2.41. The molecule has 0 amide bonds. The van der Waals surface area contributed by atoms with Crippen molar-refractivity contribution in [2.45, 2.75) is 96.5 Å². The normalized spacial score (nSPS) is 14.1. The molecule has 1 aromatic rings. The fourth-order valence-electron chi connectivity index (χ4n) is 3.17. The lowest BCUT2D eigenvalue weighted by atomic mass is 9.97. The number of nitrogens with one attached hydrogen (secondary N) is 1. The van der Waals surface area contributed by atoms with Crippen LogP contribution in [0.1, 0.15) is 66.2 Å². The molecule has 0 heterocycles. The minimum absolute atomic E-state index is 0.0807. The van der Waals surface area contributed by atoms with Crippen molar-refractivity contribution < 1.29 is 14.0 Å². The van der Waals surface area contributed by atoms with Crippen molar-refractivity contribution >= 4 is 20.0 Å². The van der Waals surface area contributed by atoms with Crippen molar-refractivity contribution in [1.29, 1.82) is 0 Å². The van der Waals surface area contributed by atoms with Gasteiger partial charge in [-0.15, -0.1) is 0 Å². The molecule has 0 fully saturated rings. The minimum atomic E-state index is -2.05. The molecular weight excluding hydrogens is 390 g/mol. The maximum Gasteiger partial charge on any atom is 0.335 e. The summed E-state index contributed by atoms with van der Waals surface area (Å²) >= 11 is 0. The van der Waals surface area contributed by atoms with Gasteiger partial charge >= 0.3 is 5.97 Å². The molecule has 170 valence electrons. The SMILES string of the molecule is C=C(C(=O)OC)[C@@H](Nc1ccccc1)[C@@H](CCCCCCC)O[Si](C)(C)C(C)(C)C. The number of hydrogen-bond acceptors (Lipinski definition) is 4. The van der Waals surface area contributed by atoms with Gasteiger partial charge < -0.3 is 14.5 Å². The van der Waals surface area contributed by atoms with E-state index in [1.165, 1.54) is 32.8 Å². The number of carbonyl (C=O) groups excluding carboxylic acids is 1. The first kappa shape index (κ1) is 26.4. The van der Waals surface area contributed by atoms with E-state index in [-0.39, 0.29) is 17.2 Å². The average molecular weight is 434 g/mol. The Hall–Kier alpha value is -1.59. The molecule has 0 spiro atoms. The molecule has 0 saturated heterocycles. The highest BCUT2D eigenvalue weighted by atomic mass is 28.4. The Morgan fingerprint density at radius 3 is 2.23 bits per heavy atom. The predicted octanol–water partition coefficient (Wildman–Crippen LogP) is 6.95. The third-order valence-corrected chi connectivity index (χ3v) is 10.6. The topological polar surface area (TPSA) is 47.6 Å². The molecule has 2 atom stereocenters. The maximum absolute atomic E-state index is 12.4. The van der Waals surface area contributed by atoms with Crippen LogP contribution in [-0.4, -0.2) is 33.5 Å². The van der Waals surface area contributed by atoms with Crippen molar-refractivity contribution in [3.63, 3.8) is 0 Å². The van der Waals surface area contributed by atoms with E-state index in [4.69, 9.17) is 9.16 Å². The van der Waals surface area contributed by atoms with Crippen molar-refractivity contribution in [2.75, 3.05) is 12.4 Å². The Labute approximate surface area is 185 Å². The van der Waals surface area contributed by atoms with E-state index in [0.29, 0.717) is 5.57 Å². The lowest BCUT2D eigenvalue weighted by molar-refractivity contribution is -0.136. The van der Waals surface area contributed by atoms with Gasteiger partial charge in [0.25, 0.3) is 0 Å². The monoisotopic (exact) mass is 433 g/mol. The van der Waals surface area contributed by atoms with Crippen LogP contribution < -0.4 is 5.32 Å². The summed E-state index contributed by atoms with van der Waals surface area (Å²) in [6.45, 7) is 17.6. The van der Waals surface area contributed by atoms with Gasteiger partial charge in [-0.25, -0.2) is 4.79 Å². The van der Waals surface area contributed by atoms with Crippen molar-refractivity contribution in [1.82, 2.24) is 0 Å². The van der Waals surface area contributed by atoms with Gasteiger partial charge in [-0.3, -0.25) is 0 Å². The molecule has 0 aromatic heterocycles. The number of carbonyl (C=O) groups is 1. The zero-order valence-corrected chi connectivity index (χ0v) is 21.2. The zero-order chi connectivity index (χ0) is 22.8. The van der Waals surface area contributed by atoms with E-state index in [1.807, 2.05) is 30.3 Å². The van der Waals surface area contributed by atoms with Crippen molar-refractivity contribution in [3.8, 4) is 0 Å². The molecule has 1 N–H and O–H groups in total. The fraction of sp³-hybridized carbons (Fsp3) is 0.640. The summed E-state index contributed by atoms with van der Waals surface area (Å²) in [5, 5.41) is 3.60. The van der Waals surface area contributed by atoms with Gasteiger partial charge in [-0.2, -0.15) is 0 Å². The van der Waals surface area contributed by atoms with E-state index in [2.05, 4.69) is 52.7 Å². The number of methoxy groups -OCH3 is 1. The van der Waals surface area contributed by atoms with Crippen LogP contribution in [0.15, 0.2) is 42.5 Å². The Balaban J connectivity index is 3.16. The first-order valence-corrected chi connectivity index (χ1v) is 14.2. The Morgan fingerprint density at radius 1 is 1.10 bits per heavy atom. The summed E-state index contributed by atoms with van der Waals surface area (Å²) in [7, 11) is -0.643. The quantitative estimate of drug-likeness (QED) is 0.158. The molecule has 5 heteroatoms. The molecule has 0 aliphatic carbocycles. The summed E-state index contributed by atoms with van der Waals surface area (Å²) in [6.07, 6.45) is 6.71. The van der Waals surface area contributed by atoms with Crippen LogP contribution in [0, 0.1) is 0 Å². The first-order valence-electron chi connectivity index (χ1n) is 11.3. The number of hydrogen-bond donors (Lipinski definition) is 1. The summed E-state index contributed by atoms with van der Waals surface area (Å²) in [5.74, 6) is -0.391. The number of esters is 1. The van der Waals surface area contributed by atoms with Crippen LogP contribution in [0.4, 0.5) is 5.69 Å². The summed E-state index contributed by atoms with van der Waals surface area (Å²) < 4.78 is 11.9. The molecule has 0 aliphatic rings. The highest BCUT2D eigenvalue weighted by molar-refractivity contribution is 6.74. The predicted molar refractivity (Wildman–Crippen MR) is 130 cm³/mol. The van der Waals surface area contributed by atoms with Gasteiger partial charge in [-0.1, -0.05) is 84.6 Å². The van der Waals surface area contributed by atoms with Crippen LogP contribution in [0.2, 0.25) is 18.1 Å². The standard InChI is InChI=1S/C25H43NO3Si/c1-9-10-11-12-16-19-22(29-30(7,8)25(3,4)5)23(20(2)24(27)28-6)26-21-17-14-13-15-18-21/h13-15,17-18,22-23,26H,2,9-12,16,19H2,1,3-8H3/t22-,23-/m1/s1. The van der Waals surface area contributed by atoms with Gasteiger partial charge in [0.05, 0.1) is 24.8 Å². The third-order valence-electron chi connectivity index (χ3n) is 6.14. The average Bonchev–Trinajstić information content (AvgIpc) is 2.69. The third kappa shape index (κ3) is 8.27. The summed E-state index contributed by atoms with van der Waals surface area (Å²) in [5.41, 5.74) is 1.36. The van der Waals surface area contributed by atoms with Crippen LogP contribution in [0.5, 0.6) is 0 Å². The van der Waals surface area contributed by atoms with E-state index in [9.17, 15) is 4.79 Å². The maximum atomic E-state index is 12.4. The zero-order valence-electron chi connectivity index (χ0n) is 20.2. The van der Waals surface area contributed by atoms with Crippen LogP contribution in [0.3, 0.4) is 0 Å². The Morgan fingerprint density at radius 2 is 1.70 bits per heavy atom. The number of rotatable bonds is 13. The van der Waals surface area contributed by atoms with Crippen LogP contribution >= 0.6 is 0 Å². The number of ether oxygens (including phenoxy) is 1. The molecule has 1 rings (SSSR count). The lowest BCUT2D eigenvalue weighted by Crippen LogP contribution is -2.50. The van der Waals surface area contributed by atoms with E-state index in [1.54, 1.807) is 0 Å². The second kappa shape index (κ2) is 12.3. The smallest absolute Gasteiger partial charge is 0.335 e. The first-order chi connectivity index (χ1) is 14.0. The fourth-order valence-corrected chi connectivity index (χ4v) is 4.54. The van der Waals surface area contributed by atoms with Crippen LogP contribution in [0.25, 0.3) is 0 Å². The van der Waals surface area contributed by atoms with Crippen LogP contribution in [-0.2, 0) is 14.0 Å². The number of para-hydroxylation sites is 1. The molecule has 30 heavy (non-hydrogen) atoms. The highest BCUT2D eigenvalue weighted by Crippen LogP contribution is 2.39. The lowest BCUT2D eigenvalue weighted by Gasteiger charge is -2.42. The second-order valence-corrected chi connectivity index (χ2v) is 14.4. The Kier molecular flexibility index (Phi) is 10.8. The van der Waals surface area contributed by atoms with Crippen molar-refractivity contribution in [2.24, 2.45) is 0 Å². The van der Waals surface area contributed by atoms with Gasteiger partial charge in [0.2, 0.25) is 0 Å². The second-order valence-electron chi connectivity index (χ2n) is 9.62. The molecule has 0 radical (unpaired) electrons. The van der Waals surface area contributed by atoms with E-state index in [0.717, 1.165) is 18.5 Å². The van der Waals surface area contributed by atoms with Gasteiger partial charge in [0.1, 0.15) is 0 Å². The van der Waals surface area contributed by atoms with E-state index >= 15 is 0 Å². The number of anilines is 1. The van der Waals surface area contributed by atoms with Gasteiger partial charge in [0.15, 0.2) is 8.32 Å². The molecule has 4 nitrogen and oxygen atoms in total. The van der Waals surface area contributed by atoms with Gasteiger partial charge in [0, 0.05) is 5.69 Å². The summed E-state index contributed by atoms with van der Waals surface area (Å²) in [6, 6.07) is 9.61. The van der Waals surface area contributed by atoms with Crippen molar-refractivity contribution in [3.05, 3.63) is 42.5 Å². The number of benzene rings is 1. The molecule has 0 aliphatic heterocycles. The minimum Gasteiger partial charge on any atom is -0.466 e. The molecular formula is C25H43NO3Si. The molecule has 0 bridgehead atoms. The van der Waals surface area contributed by atoms with E-state index < -0.39 is 14.3 Å². The molecule has 1 aromatic carbocycles. The molecule has 0 saturated carbocycles.